The van der Waals surface area contributed by atoms with Gasteiger partial charge in [0.15, 0.2) is 5.65 Å². The topological polar surface area (TPSA) is 30.2 Å². The Morgan fingerprint density at radius 1 is 1.29 bits per heavy atom. The molecule has 0 radical (unpaired) electrons. The highest BCUT2D eigenvalue weighted by Crippen LogP contribution is 2.26. The predicted molar refractivity (Wildman–Crippen MR) is 43.0 cm³/mol. The number of aromatic nitrogens is 3. The number of pyridine rings is 1. The molecule has 0 fully saturated rings. The molecule has 74 valence electrons. The fourth-order valence-electron chi connectivity index (χ4n) is 0.978. The molecule has 2 aromatic rings. The summed E-state index contributed by atoms with van der Waals surface area (Å²) in [6, 6.07) is 2.82. The first-order chi connectivity index (χ1) is 6.47. The number of halogens is 4. The molecule has 2 aromatic heterocycles. The summed E-state index contributed by atoms with van der Waals surface area (Å²) in [6.07, 6.45) is -3.27. The Morgan fingerprint density at radius 2 is 2.00 bits per heavy atom. The summed E-state index contributed by atoms with van der Waals surface area (Å²) in [7, 11) is 0. The molecule has 0 atom stereocenters. The molecule has 3 nitrogen and oxygen atoms in total. The number of nitrogens with zero attached hydrogens (tertiary/aromatic N) is 3. The van der Waals surface area contributed by atoms with Crippen molar-refractivity contribution in [1.82, 2.24) is 14.6 Å². The first-order valence-electron chi connectivity index (χ1n) is 3.56. The highest BCUT2D eigenvalue weighted by molar-refractivity contribution is 6.30. The van der Waals surface area contributed by atoms with Gasteiger partial charge in [0.25, 0.3) is 5.82 Å². The average Bonchev–Trinajstić information content (AvgIpc) is 2.45. The Morgan fingerprint density at radius 3 is 2.64 bits per heavy atom. The van der Waals surface area contributed by atoms with Crippen LogP contribution >= 0.6 is 11.6 Å². The van der Waals surface area contributed by atoms with E-state index in [0.717, 1.165) is 4.52 Å². The summed E-state index contributed by atoms with van der Waals surface area (Å²) < 4.78 is 37.5. The molecular weight excluding hydrogens is 219 g/mol. The zero-order chi connectivity index (χ0) is 10.3. The second kappa shape index (κ2) is 2.84. The molecule has 0 amide bonds. The van der Waals surface area contributed by atoms with Crippen molar-refractivity contribution in [3.63, 3.8) is 0 Å². The maximum Gasteiger partial charge on any atom is 0.453 e. The lowest BCUT2D eigenvalue weighted by Gasteiger charge is -1.96. The van der Waals surface area contributed by atoms with Crippen molar-refractivity contribution in [2.45, 2.75) is 6.18 Å². The van der Waals surface area contributed by atoms with Crippen LogP contribution in [0.1, 0.15) is 5.82 Å². The van der Waals surface area contributed by atoms with Crippen LogP contribution in [0, 0.1) is 0 Å². The maximum atomic E-state index is 12.2. The Hall–Kier alpha value is -1.30. The van der Waals surface area contributed by atoms with Crippen molar-refractivity contribution in [2.24, 2.45) is 0 Å². The van der Waals surface area contributed by atoms with Crippen LogP contribution in [-0.4, -0.2) is 14.6 Å². The molecular formula is C7H3ClF3N3. The van der Waals surface area contributed by atoms with E-state index in [1.54, 1.807) is 0 Å². The van der Waals surface area contributed by atoms with Gasteiger partial charge < -0.3 is 0 Å². The van der Waals surface area contributed by atoms with Crippen molar-refractivity contribution < 1.29 is 13.2 Å². The van der Waals surface area contributed by atoms with Crippen LogP contribution in [0.5, 0.6) is 0 Å². The molecule has 0 N–H and O–H groups in total. The molecule has 0 aromatic carbocycles. The largest absolute Gasteiger partial charge is 0.453 e. The zero-order valence-corrected chi connectivity index (χ0v) is 7.34. The fraction of sp³-hybridized carbons (Fsp3) is 0.143. The second-order valence-corrected chi connectivity index (χ2v) is 3.02. The van der Waals surface area contributed by atoms with E-state index in [-0.39, 0.29) is 5.65 Å². The second-order valence-electron chi connectivity index (χ2n) is 2.58. The maximum absolute atomic E-state index is 12.2. The Labute approximate surface area is 81.1 Å². The van der Waals surface area contributed by atoms with Crippen molar-refractivity contribution in [3.8, 4) is 0 Å². The van der Waals surface area contributed by atoms with Crippen molar-refractivity contribution in [1.29, 1.82) is 0 Å². The van der Waals surface area contributed by atoms with E-state index < -0.39 is 12.0 Å². The molecule has 2 rings (SSSR count). The van der Waals surface area contributed by atoms with Gasteiger partial charge >= 0.3 is 6.18 Å². The van der Waals surface area contributed by atoms with Crippen LogP contribution in [-0.2, 0) is 6.18 Å². The van der Waals surface area contributed by atoms with Gasteiger partial charge in [-0.05, 0) is 12.1 Å². The van der Waals surface area contributed by atoms with Crippen LogP contribution < -0.4 is 0 Å². The molecule has 0 aliphatic rings. The number of alkyl halides is 3. The summed E-state index contributed by atoms with van der Waals surface area (Å²) in [4.78, 5) is 3.29. The number of rotatable bonds is 0. The normalized spacial score (nSPS) is 12.3. The molecule has 0 bridgehead atoms. The molecule has 2 heterocycles. The third kappa shape index (κ3) is 1.52. The minimum Gasteiger partial charge on any atom is -0.219 e. The molecule has 0 unspecified atom stereocenters. The van der Waals surface area contributed by atoms with Crippen LogP contribution in [0.25, 0.3) is 5.65 Å². The van der Waals surface area contributed by atoms with Gasteiger partial charge in [-0.2, -0.15) is 13.2 Å². The highest BCUT2D eigenvalue weighted by atomic mass is 35.5. The quantitative estimate of drug-likeness (QED) is 0.684. The van der Waals surface area contributed by atoms with Crippen molar-refractivity contribution in [2.75, 3.05) is 0 Å². The summed E-state index contributed by atoms with van der Waals surface area (Å²) in [5, 5.41) is 3.54. The monoisotopic (exact) mass is 221 g/mol. The standard InChI is InChI=1S/C7H3ClF3N3/c8-4-1-2-5-12-6(7(9,10)11)13-14(5)3-4/h1-3H. The van der Waals surface area contributed by atoms with Gasteiger partial charge in [-0.15, -0.1) is 5.10 Å². The lowest BCUT2D eigenvalue weighted by molar-refractivity contribution is -0.144. The van der Waals surface area contributed by atoms with E-state index in [4.69, 9.17) is 11.6 Å². The van der Waals surface area contributed by atoms with E-state index in [2.05, 4.69) is 10.1 Å². The number of hydrogen-bond acceptors (Lipinski definition) is 2. The average molecular weight is 222 g/mol. The number of hydrogen-bond donors (Lipinski definition) is 0. The highest BCUT2D eigenvalue weighted by Gasteiger charge is 2.36. The minimum atomic E-state index is -4.53. The van der Waals surface area contributed by atoms with E-state index in [9.17, 15) is 13.2 Å². The molecule has 0 saturated heterocycles. The van der Waals surface area contributed by atoms with Gasteiger partial charge in [0.05, 0.1) is 5.02 Å². The number of fused-ring (bicyclic) bond motifs is 1. The molecule has 0 saturated carbocycles. The fourth-order valence-corrected chi connectivity index (χ4v) is 1.13. The first kappa shape index (κ1) is 9.26. The SMILES string of the molecule is FC(F)(F)c1nc2ccc(Cl)cn2n1. The van der Waals surface area contributed by atoms with Crippen molar-refractivity contribution >= 4 is 17.2 Å². The van der Waals surface area contributed by atoms with Crippen LogP contribution in [0.15, 0.2) is 18.3 Å². The lowest BCUT2D eigenvalue weighted by Crippen LogP contribution is -2.07. The lowest BCUT2D eigenvalue weighted by atomic mass is 10.5. The Bertz CT molecular complexity index is 476. The van der Waals surface area contributed by atoms with E-state index in [1.165, 1.54) is 18.3 Å². The van der Waals surface area contributed by atoms with Gasteiger partial charge in [0, 0.05) is 6.20 Å². The van der Waals surface area contributed by atoms with Gasteiger partial charge in [-0.1, -0.05) is 11.6 Å². The Balaban J connectivity index is 2.63. The minimum absolute atomic E-state index is 0.113. The summed E-state index contributed by atoms with van der Waals surface area (Å²) in [6.45, 7) is 0. The van der Waals surface area contributed by atoms with Gasteiger partial charge in [-0.25, -0.2) is 9.50 Å². The molecule has 0 aliphatic carbocycles. The van der Waals surface area contributed by atoms with Gasteiger partial charge in [0.2, 0.25) is 0 Å². The summed E-state index contributed by atoms with van der Waals surface area (Å²) >= 11 is 5.57. The first-order valence-corrected chi connectivity index (χ1v) is 3.94. The molecule has 14 heavy (non-hydrogen) atoms. The summed E-state index contributed by atoms with van der Waals surface area (Å²) in [5.41, 5.74) is 0.113. The molecule has 0 spiro atoms. The van der Waals surface area contributed by atoms with E-state index in [0.29, 0.717) is 5.02 Å². The van der Waals surface area contributed by atoms with Crippen molar-refractivity contribution in [3.05, 3.63) is 29.2 Å². The van der Waals surface area contributed by atoms with Crippen LogP contribution in [0.4, 0.5) is 13.2 Å². The predicted octanol–water partition coefficient (Wildman–Crippen LogP) is 2.40. The van der Waals surface area contributed by atoms with E-state index in [1.807, 2.05) is 0 Å². The third-order valence-corrected chi connectivity index (χ3v) is 1.77. The smallest absolute Gasteiger partial charge is 0.219 e. The summed E-state index contributed by atoms with van der Waals surface area (Å²) in [5.74, 6) is -1.17. The zero-order valence-electron chi connectivity index (χ0n) is 6.59. The third-order valence-electron chi connectivity index (χ3n) is 1.55. The molecule has 7 heteroatoms. The van der Waals surface area contributed by atoms with Gasteiger partial charge in [-0.3, -0.25) is 0 Å². The Kier molecular flexibility index (Phi) is 1.88. The van der Waals surface area contributed by atoms with E-state index >= 15 is 0 Å². The van der Waals surface area contributed by atoms with Gasteiger partial charge in [0.1, 0.15) is 0 Å². The molecule has 0 aliphatic heterocycles. The van der Waals surface area contributed by atoms with Crippen LogP contribution in [0.2, 0.25) is 5.02 Å². The van der Waals surface area contributed by atoms with Crippen LogP contribution in [0.3, 0.4) is 0 Å².